The van der Waals surface area contributed by atoms with Crippen molar-refractivity contribution in [3.63, 3.8) is 0 Å². The third-order valence-electron chi connectivity index (χ3n) is 2.72. The molecular formula is C12H13Br2N3O. The number of hydrogen-bond acceptors (Lipinski definition) is 2. The molecule has 18 heavy (non-hydrogen) atoms. The molecule has 0 aliphatic rings. The summed E-state index contributed by atoms with van der Waals surface area (Å²) in [6.45, 7) is 5.27. The van der Waals surface area contributed by atoms with Gasteiger partial charge in [0.05, 0.1) is 22.4 Å². The van der Waals surface area contributed by atoms with Crippen LogP contribution in [0.4, 0.5) is 0 Å². The minimum Gasteiger partial charge on any atom is -0.308 e. The van der Waals surface area contributed by atoms with Crippen LogP contribution in [0.2, 0.25) is 0 Å². The van der Waals surface area contributed by atoms with Gasteiger partial charge in [-0.25, -0.2) is 0 Å². The van der Waals surface area contributed by atoms with E-state index in [9.17, 15) is 4.79 Å². The lowest BCUT2D eigenvalue weighted by atomic mass is 10.3. The Bertz CT molecular complexity index is 631. The summed E-state index contributed by atoms with van der Waals surface area (Å²) >= 11 is 6.91. The van der Waals surface area contributed by atoms with Crippen LogP contribution in [0.5, 0.6) is 0 Å². The molecule has 96 valence electrons. The van der Waals surface area contributed by atoms with Gasteiger partial charge >= 0.3 is 0 Å². The summed E-state index contributed by atoms with van der Waals surface area (Å²) < 4.78 is 5.43. The van der Waals surface area contributed by atoms with E-state index in [2.05, 4.69) is 37.0 Å². The second-order valence-corrected chi connectivity index (χ2v) is 5.68. The van der Waals surface area contributed by atoms with Gasteiger partial charge in [-0.05, 0) is 51.8 Å². The largest absolute Gasteiger partial charge is 0.308 e. The predicted molar refractivity (Wildman–Crippen MR) is 77.8 cm³/mol. The third kappa shape index (κ3) is 2.59. The van der Waals surface area contributed by atoms with Crippen molar-refractivity contribution in [3.8, 4) is 0 Å². The first-order valence-electron chi connectivity index (χ1n) is 5.60. The zero-order chi connectivity index (χ0) is 13.3. The topological polar surface area (TPSA) is 39.8 Å². The number of pyridine rings is 1. The number of aromatic nitrogens is 3. The van der Waals surface area contributed by atoms with Gasteiger partial charge in [0.1, 0.15) is 0 Å². The first-order valence-corrected chi connectivity index (χ1v) is 7.19. The fourth-order valence-corrected chi connectivity index (χ4v) is 2.60. The van der Waals surface area contributed by atoms with Crippen LogP contribution >= 0.6 is 31.9 Å². The summed E-state index contributed by atoms with van der Waals surface area (Å²) in [7, 11) is 0. The average molecular weight is 375 g/mol. The van der Waals surface area contributed by atoms with Crippen LogP contribution in [0.1, 0.15) is 18.3 Å². The molecule has 0 aliphatic heterocycles. The van der Waals surface area contributed by atoms with Gasteiger partial charge in [-0.1, -0.05) is 0 Å². The molecule has 0 aliphatic carbocycles. The summed E-state index contributed by atoms with van der Waals surface area (Å²) in [5.41, 5.74) is 1.93. The Morgan fingerprint density at radius 3 is 2.72 bits per heavy atom. The molecule has 0 amide bonds. The molecule has 2 aromatic heterocycles. The lowest BCUT2D eigenvalue weighted by Crippen LogP contribution is -2.20. The smallest absolute Gasteiger partial charge is 0.250 e. The molecular weight excluding hydrogens is 362 g/mol. The molecule has 4 nitrogen and oxygen atoms in total. The van der Waals surface area contributed by atoms with E-state index >= 15 is 0 Å². The molecule has 6 heteroatoms. The van der Waals surface area contributed by atoms with Crippen LogP contribution in [-0.4, -0.2) is 14.3 Å². The fraction of sp³-hybridized carbons (Fsp3) is 0.333. The Morgan fingerprint density at radius 2 is 2.06 bits per heavy atom. The van der Waals surface area contributed by atoms with E-state index in [1.807, 2.05) is 18.5 Å². The molecule has 0 saturated heterocycles. The van der Waals surface area contributed by atoms with Crippen LogP contribution in [0.25, 0.3) is 0 Å². The first-order chi connectivity index (χ1) is 8.52. The van der Waals surface area contributed by atoms with Gasteiger partial charge in [-0.3, -0.25) is 9.48 Å². The maximum absolute atomic E-state index is 11.8. The first kappa shape index (κ1) is 13.5. The summed E-state index contributed by atoms with van der Waals surface area (Å²) in [6, 6.07) is 3.30. The number of aryl methyl sites for hydroxylation is 2. The minimum absolute atomic E-state index is 0.0217. The van der Waals surface area contributed by atoms with Crippen LogP contribution in [-0.2, 0) is 13.1 Å². The molecule has 0 fully saturated rings. The van der Waals surface area contributed by atoms with E-state index in [0.717, 1.165) is 26.9 Å². The van der Waals surface area contributed by atoms with E-state index < -0.39 is 0 Å². The van der Waals surface area contributed by atoms with Gasteiger partial charge < -0.3 is 4.57 Å². The Balaban J connectivity index is 2.45. The number of nitrogens with zero attached hydrogens (tertiary/aromatic N) is 3. The van der Waals surface area contributed by atoms with Crippen LogP contribution in [0, 0.1) is 6.92 Å². The Kier molecular flexibility index (Phi) is 4.07. The molecule has 0 saturated carbocycles. The predicted octanol–water partition coefficient (Wildman–Crippen LogP) is 2.95. The highest BCUT2D eigenvalue weighted by Gasteiger charge is 2.12. The molecule has 2 rings (SSSR count). The van der Waals surface area contributed by atoms with Crippen molar-refractivity contribution in [2.45, 2.75) is 26.9 Å². The van der Waals surface area contributed by atoms with Crippen molar-refractivity contribution in [1.29, 1.82) is 0 Å². The van der Waals surface area contributed by atoms with Crippen LogP contribution in [0.15, 0.2) is 32.1 Å². The van der Waals surface area contributed by atoms with E-state index in [1.165, 1.54) is 0 Å². The van der Waals surface area contributed by atoms with Crippen molar-refractivity contribution in [3.05, 3.63) is 49.0 Å². The molecule has 0 spiro atoms. The molecule has 0 unspecified atom stereocenters. The van der Waals surface area contributed by atoms with Crippen molar-refractivity contribution in [2.24, 2.45) is 0 Å². The van der Waals surface area contributed by atoms with Gasteiger partial charge in [-0.15, -0.1) is 0 Å². The highest BCUT2D eigenvalue weighted by molar-refractivity contribution is 9.10. The van der Waals surface area contributed by atoms with Crippen LogP contribution in [0.3, 0.4) is 0 Å². The summed E-state index contributed by atoms with van der Waals surface area (Å²) in [6.07, 6.45) is 1.79. The molecule has 2 aromatic rings. The standard InChI is InChI=1S/C12H13Br2N3O/c1-3-17-10(12(14)8(2)15-17)7-16-6-9(13)4-5-11(16)18/h4-6H,3,7H2,1-2H3. The van der Waals surface area contributed by atoms with Crippen molar-refractivity contribution < 1.29 is 0 Å². The summed E-state index contributed by atoms with van der Waals surface area (Å²) in [5.74, 6) is 0. The van der Waals surface area contributed by atoms with Gasteiger partial charge in [0.15, 0.2) is 0 Å². The van der Waals surface area contributed by atoms with E-state index in [-0.39, 0.29) is 5.56 Å². The number of halogens is 2. The number of hydrogen-bond donors (Lipinski definition) is 0. The normalized spacial score (nSPS) is 10.9. The van der Waals surface area contributed by atoms with Crippen molar-refractivity contribution in [2.75, 3.05) is 0 Å². The molecule has 0 atom stereocenters. The Morgan fingerprint density at radius 1 is 1.33 bits per heavy atom. The Labute approximate surface area is 122 Å². The van der Waals surface area contributed by atoms with Crippen LogP contribution < -0.4 is 5.56 Å². The van der Waals surface area contributed by atoms with Gasteiger partial charge in [0.2, 0.25) is 0 Å². The zero-order valence-electron chi connectivity index (χ0n) is 10.2. The van der Waals surface area contributed by atoms with Crippen molar-refractivity contribution >= 4 is 31.9 Å². The maximum Gasteiger partial charge on any atom is 0.250 e. The third-order valence-corrected chi connectivity index (χ3v) is 4.22. The van der Waals surface area contributed by atoms with Gasteiger partial charge in [0.25, 0.3) is 5.56 Å². The second-order valence-electron chi connectivity index (χ2n) is 3.98. The second kappa shape index (κ2) is 5.40. The quantitative estimate of drug-likeness (QED) is 0.828. The van der Waals surface area contributed by atoms with Gasteiger partial charge in [-0.2, -0.15) is 5.10 Å². The summed E-state index contributed by atoms with van der Waals surface area (Å²) in [5, 5.41) is 4.42. The molecule has 0 radical (unpaired) electrons. The van der Waals surface area contributed by atoms with E-state index in [4.69, 9.17) is 0 Å². The Hall–Kier alpha value is -0.880. The molecule has 2 heterocycles. The monoisotopic (exact) mass is 373 g/mol. The van der Waals surface area contributed by atoms with E-state index in [1.54, 1.807) is 22.9 Å². The van der Waals surface area contributed by atoms with Gasteiger partial charge in [0, 0.05) is 23.3 Å². The SMILES string of the molecule is CCn1nc(C)c(Br)c1Cn1cc(Br)ccc1=O. The molecule has 0 bridgehead atoms. The highest BCUT2D eigenvalue weighted by atomic mass is 79.9. The van der Waals surface area contributed by atoms with E-state index in [0.29, 0.717) is 6.54 Å². The zero-order valence-corrected chi connectivity index (χ0v) is 13.3. The lowest BCUT2D eigenvalue weighted by molar-refractivity contribution is 0.590. The molecule has 0 N–H and O–H groups in total. The average Bonchev–Trinajstić information content (AvgIpc) is 2.61. The minimum atomic E-state index is -0.0217. The lowest BCUT2D eigenvalue weighted by Gasteiger charge is -2.08. The fourth-order valence-electron chi connectivity index (χ4n) is 1.81. The molecule has 0 aromatic carbocycles. The maximum atomic E-state index is 11.8. The summed E-state index contributed by atoms with van der Waals surface area (Å²) in [4.78, 5) is 11.8. The highest BCUT2D eigenvalue weighted by Crippen LogP contribution is 2.21. The number of rotatable bonds is 3. The van der Waals surface area contributed by atoms with Crippen molar-refractivity contribution in [1.82, 2.24) is 14.3 Å².